The molecule has 1 N–H and O–H groups in total. The predicted octanol–water partition coefficient (Wildman–Crippen LogP) is 4.02. The SMILES string of the molecule is O=c1c2c3c(sc2ncn1CCc1ccccn1)C[C@H](NCc1cc(F)cc(F)c1)CC3. The van der Waals surface area contributed by atoms with Crippen LogP contribution in [0, 0.1) is 11.6 Å². The highest BCUT2D eigenvalue weighted by molar-refractivity contribution is 7.18. The van der Waals surface area contributed by atoms with Gasteiger partial charge in [0.1, 0.15) is 16.5 Å². The Morgan fingerprint density at radius 2 is 2.00 bits per heavy atom. The fourth-order valence-electron chi connectivity index (χ4n) is 4.29. The highest BCUT2D eigenvalue weighted by Gasteiger charge is 2.25. The van der Waals surface area contributed by atoms with E-state index in [2.05, 4.69) is 15.3 Å². The molecular weight excluding hydrogens is 430 g/mol. The van der Waals surface area contributed by atoms with E-state index >= 15 is 0 Å². The number of fused-ring (bicyclic) bond motifs is 3. The summed E-state index contributed by atoms with van der Waals surface area (Å²) in [6.45, 7) is 0.940. The molecule has 0 saturated carbocycles. The molecule has 5 rings (SSSR count). The summed E-state index contributed by atoms with van der Waals surface area (Å²) >= 11 is 1.57. The fraction of sp³-hybridized carbons (Fsp3) is 0.292. The van der Waals surface area contributed by atoms with Crippen LogP contribution in [0.3, 0.4) is 0 Å². The molecule has 0 amide bonds. The molecule has 1 aliphatic rings. The van der Waals surface area contributed by atoms with Crippen molar-refractivity contribution >= 4 is 21.6 Å². The molecule has 0 saturated heterocycles. The number of benzene rings is 1. The number of thiophene rings is 1. The van der Waals surface area contributed by atoms with Crippen molar-refractivity contribution in [2.45, 2.75) is 44.8 Å². The van der Waals surface area contributed by atoms with Gasteiger partial charge in [0, 0.05) is 48.4 Å². The van der Waals surface area contributed by atoms with Gasteiger partial charge < -0.3 is 5.32 Å². The van der Waals surface area contributed by atoms with E-state index < -0.39 is 11.6 Å². The zero-order chi connectivity index (χ0) is 22.1. The van der Waals surface area contributed by atoms with Gasteiger partial charge in [-0.1, -0.05) is 6.07 Å². The molecule has 0 radical (unpaired) electrons. The van der Waals surface area contributed by atoms with Crippen molar-refractivity contribution < 1.29 is 8.78 Å². The van der Waals surface area contributed by atoms with Crippen LogP contribution in [0.1, 0.15) is 28.1 Å². The average Bonchev–Trinajstić information content (AvgIpc) is 3.16. The molecular formula is C24H22F2N4OS. The largest absolute Gasteiger partial charge is 0.310 e. The molecule has 4 aromatic rings. The van der Waals surface area contributed by atoms with Gasteiger partial charge in [0.2, 0.25) is 0 Å². The number of halogens is 2. The van der Waals surface area contributed by atoms with E-state index in [1.165, 1.54) is 17.0 Å². The summed E-state index contributed by atoms with van der Waals surface area (Å²) in [5.41, 5.74) is 2.63. The van der Waals surface area contributed by atoms with E-state index in [-0.39, 0.29) is 11.6 Å². The number of aromatic nitrogens is 3. The number of pyridine rings is 1. The van der Waals surface area contributed by atoms with Crippen LogP contribution in [0.2, 0.25) is 0 Å². The highest BCUT2D eigenvalue weighted by atomic mass is 32.1. The predicted molar refractivity (Wildman–Crippen MR) is 121 cm³/mol. The van der Waals surface area contributed by atoms with Gasteiger partial charge in [-0.05, 0) is 54.7 Å². The number of hydrogen-bond acceptors (Lipinski definition) is 5. The number of nitrogens with one attached hydrogen (secondary N) is 1. The smallest absolute Gasteiger partial charge is 0.262 e. The van der Waals surface area contributed by atoms with Gasteiger partial charge in [-0.2, -0.15) is 0 Å². The summed E-state index contributed by atoms with van der Waals surface area (Å²) in [6.07, 6.45) is 6.48. The number of aryl methyl sites for hydroxylation is 3. The third kappa shape index (κ3) is 4.33. The first kappa shape index (κ1) is 20.9. The Hall–Kier alpha value is -2.97. The number of rotatable bonds is 6. The van der Waals surface area contributed by atoms with E-state index in [9.17, 15) is 13.6 Å². The maximum atomic E-state index is 13.4. The zero-order valence-electron chi connectivity index (χ0n) is 17.4. The second-order valence-electron chi connectivity index (χ2n) is 8.10. The van der Waals surface area contributed by atoms with Crippen LogP contribution in [0.5, 0.6) is 0 Å². The second-order valence-corrected chi connectivity index (χ2v) is 9.18. The highest BCUT2D eigenvalue weighted by Crippen LogP contribution is 2.33. The van der Waals surface area contributed by atoms with E-state index in [1.54, 1.807) is 28.4 Å². The maximum Gasteiger partial charge on any atom is 0.262 e. The van der Waals surface area contributed by atoms with E-state index in [0.29, 0.717) is 25.1 Å². The number of hydrogen-bond donors (Lipinski definition) is 1. The molecule has 5 nitrogen and oxygen atoms in total. The summed E-state index contributed by atoms with van der Waals surface area (Å²) in [7, 11) is 0. The van der Waals surface area contributed by atoms with Gasteiger partial charge in [0.15, 0.2) is 0 Å². The van der Waals surface area contributed by atoms with Gasteiger partial charge >= 0.3 is 0 Å². The van der Waals surface area contributed by atoms with Crippen LogP contribution < -0.4 is 10.9 Å². The lowest BCUT2D eigenvalue weighted by Crippen LogP contribution is -2.34. The maximum absolute atomic E-state index is 13.4. The lowest BCUT2D eigenvalue weighted by atomic mass is 9.93. The van der Waals surface area contributed by atoms with Gasteiger partial charge in [-0.25, -0.2) is 13.8 Å². The summed E-state index contributed by atoms with van der Waals surface area (Å²) in [6, 6.07) is 9.53. The van der Waals surface area contributed by atoms with Gasteiger partial charge in [-0.15, -0.1) is 11.3 Å². The molecule has 1 atom stereocenters. The first-order valence-electron chi connectivity index (χ1n) is 10.6. The lowest BCUT2D eigenvalue weighted by Gasteiger charge is -2.23. The summed E-state index contributed by atoms with van der Waals surface area (Å²) in [5, 5.41) is 4.14. The van der Waals surface area contributed by atoms with E-state index in [4.69, 9.17) is 0 Å². The molecule has 1 aromatic carbocycles. The van der Waals surface area contributed by atoms with Crippen molar-refractivity contribution in [3.63, 3.8) is 0 Å². The third-order valence-electron chi connectivity index (χ3n) is 5.89. The normalized spacial score (nSPS) is 15.8. The first-order valence-corrected chi connectivity index (χ1v) is 11.5. The van der Waals surface area contributed by atoms with Crippen molar-refractivity contribution in [2.75, 3.05) is 0 Å². The Morgan fingerprint density at radius 1 is 1.16 bits per heavy atom. The Kier molecular flexibility index (Phi) is 5.80. The topological polar surface area (TPSA) is 59.8 Å². The minimum atomic E-state index is -0.567. The van der Waals surface area contributed by atoms with Crippen LogP contribution in [0.4, 0.5) is 8.78 Å². The van der Waals surface area contributed by atoms with Crippen LogP contribution in [0.25, 0.3) is 10.2 Å². The number of nitrogens with zero attached hydrogens (tertiary/aromatic N) is 3. The molecule has 8 heteroatoms. The summed E-state index contributed by atoms with van der Waals surface area (Å²) < 4.78 is 28.5. The second kappa shape index (κ2) is 8.88. The Bertz CT molecular complexity index is 1300. The minimum absolute atomic E-state index is 0.00470. The monoisotopic (exact) mass is 452 g/mol. The fourth-order valence-corrected chi connectivity index (χ4v) is 5.55. The quantitative estimate of drug-likeness (QED) is 0.480. The van der Waals surface area contributed by atoms with E-state index in [1.807, 2.05) is 18.2 Å². The zero-order valence-corrected chi connectivity index (χ0v) is 18.2. The standard InChI is InChI=1S/C24H22F2N4OS/c25-16-9-15(10-17(26)11-16)13-28-19-4-5-20-21(12-19)32-23-22(20)24(31)30(14-29-23)8-6-18-3-1-2-7-27-18/h1-3,7,9-11,14,19,28H,4-6,8,12-13H2/t19-/m1/s1. The van der Waals surface area contributed by atoms with Crippen molar-refractivity contribution in [1.82, 2.24) is 19.9 Å². The van der Waals surface area contributed by atoms with Gasteiger partial charge in [-0.3, -0.25) is 14.3 Å². The molecule has 32 heavy (non-hydrogen) atoms. The Morgan fingerprint density at radius 3 is 2.78 bits per heavy atom. The van der Waals surface area contributed by atoms with Crippen LogP contribution in [-0.2, 0) is 32.4 Å². The summed E-state index contributed by atoms with van der Waals surface area (Å²) in [4.78, 5) is 24.0. The molecule has 0 spiro atoms. The molecule has 0 unspecified atom stereocenters. The van der Waals surface area contributed by atoms with Crippen molar-refractivity contribution in [2.24, 2.45) is 0 Å². The Balaban J connectivity index is 1.31. The summed E-state index contributed by atoms with van der Waals surface area (Å²) in [5.74, 6) is -1.13. The average molecular weight is 453 g/mol. The van der Waals surface area contributed by atoms with Crippen LogP contribution in [-0.4, -0.2) is 20.6 Å². The van der Waals surface area contributed by atoms with Crippen molar-refractivity contribution in [3.05, 3.63) is 92.6 Å². The van der Waals surface area contributed by atoms with Crippen LogP contribution in [0.15, 0.2) is 53.7 Å². The molecule has 3 heterocycles. The lowest BCUT2D eigenvalue weighted by molar-refractivity contribution is 0.460. The van der Waals surface area contributed by atoms with Gasteiger partial charge in [0.05, 0.1) is 11.7 Å². The Labute approximate surface area is 187 Å². The molecule has 164 valence electrons. The van der Waals surface area contributed by atoms with Gasteiger partial charge in [0.25, 0.3) is 5.56 Å². The molecule has 0 aliphatic heterocycles. The van der Waals surface area contributed by atoms with E-state index in [0.717, 1.165) is 46.8 Å². The minimum Gasteiger partial charge on any atom is -0.310 e. The van der Waals surface area contributed by atoms with Crippen molar-refractivity contribution in [1.29, 1.82) is 0 Å². The molecule has 3 aromatic heterocycles. The van der Waals surface area contributed by atoms with Crippen molar-refractivity contribution in [3.8, 4) is 0 Å². The first-order chi connectivity index (χ1) is 15.6. The van der Waals surface area contributed by atoms with Crippen LogP contribution >= 0.6 is 11.3 Å². The third-order valence-corrected chi connectivity index (χ3v) is 7.05. The molecule has 1 aliphatic carbocycles. The molecule has 0 fully saturated rings. The molecule has 0 bridgehead atoms.